The van der Waals surface area contributed by atoms with Crippen LogP contribution in [0.15, 0.2) is 42.5 Å². The van der Waals surface area contributed by atoms with Crippen molar-refractivity contribution in [2.45, 2.75) is 57.7 Å². The van der Waals surface area contributed by atoms with Crippen LogP contribution in [0.5, 0.6) is 11.5 Å². The average Bonchev–Trinajstić information content (AvgIpc) is 3.34. The summed E-state index contributed by atoms with van der Waals surface area (Å²) in [5.74, 6) is 0.0826. The summed E-state index contributed by atoms with van der Waals surface area (Å²) in [7, 11) is -3.85. The third-order valence-corrected chi connectivity index (χ3v) is 8.25. The Labute approximate surface area is 222 Å². The summed E-state index contributed by atoms with van der Waals surface area (Å²) in [4.78, 5) is 28.3. The zero-order valence-corrected chi connectivity index (χ0v) is 22.6. The number of halogens is 1. The SMILES string of the molecule is C[C@@H](C(=O)NC1CCCCC1)N(Cc1ccccc1Cl)C(=O)CN(c1ccc2c(c1)OCO2)S(C)(=O)=O. The molecule has 1 heterocycles. The minimum absolute atomic E-state index is 0.0375. The Hall–Kier alpha value is -2.98. The molecule has 9 nitrogen and oxygen atoms in total. The smallest absolute Gasteiger partial charge is 0.244 e. The lowest BCUT2D eigenvalue weighted by molar-refractivity contribution is -0.139. The molecule has 0 radical (unpaired) electrons. The Kier molecular flexibility index (Phi) is 8.49. The molecule has 1 aliphatic carbocycles. The summed E-state index contributed by atoms with van der Waals surface area (Å²) in [5, 5.41) is 3.52. The van der Waals surface area contributed by atoms with Gasteiger partial charge in [0.1, 0.15) is 12.6 Å². The minimum atomic E-state index is -3.85. The van der Waals surface area contributed by atoms with E-state index in [-0.39, 0.29) is 31.0 Å². The molecule has 2 aromatic rings. The van der Waals surface area contributed by atoms with Crippen molar-refractivity contribution in [3.8, 4) is 11.5 Å². The summed E-state index contributed by atoms with van der Waals surface area (Å²) in [6.45, 7) is 1.24. The van der Waals surface area contributed by atoms with Crippen LogP contribution in [0.25, 0.3) is 0 Å². The molecule has 2 aliphatic rings. The highest BCUT2D eigenvalue weighted by atomic mass is 35.5. The molecule has 2 aromatic carbocycles. The number of hydrogen-bond donors (Lipinski definition) is 1. The first-order valence-electron chi connectivity index (χ1n) is 12.3. The fourth-order valence-electron chi connectivity index (χ4n) is 4.62. The summed E-state index contributed by atoms with van der Waals surface area (Å²) >= 11 is 6.37. The van der Waals surface area contributed by atoms with Gasteiger partial charge in [-0.25, -0.2) is 8.42 Å². The Morgan fingerprint density at radius 1 is 1.08 bits per heavy atom. The number of sulfonamides is 1. The van der Waals surface area contributed by atoms with E-state index < -0.39 is 28.5 Å². The number of nitrogens with one attached hydrogen (secondary N) is 1. The number of amides is 2. The van der Waals surface area contributed by atoms with E-state index in [9.17, 15) is 18.0 Å². The number of rotatable bonds is 9. The van der Waals surface area contributed by atoms with Crippen molar-refractivity contribution in [3.05, 3.63) is 53.1 Å². The molecule has 1 saturated carbocycles. The van der Waals surface area contributed by atoms with E-state index in [1.54, 1.807) is 43.3 Å². The Bertz CT molecular complexity index is 1250. The van der Waals surface area contributed by atoms with Crippen LogP contribution < -0.4 is 19.1 Å². The van der Waals surface area contributed by atoms with Crippen molar-refractivity contribution in [2.24, 2.45) is 0 Å². The van der Waals surface area contributed by atoms with Crippen LogP contribution in [-0.4, -0.2) is 56.8 Å². The highest BCUT2D eigenvalue weighted by molar-refractivity contribution is 7.92. The molecule has 37 heavy (non-hydrogen) atoms. The number of carbonyl (C=O) groups excluding carboxylic acids is 2. The summed E-state index contributed by atoms with van der Waals surface area (Å²) in [6.07, 6.45) is 6.11. The highest BCUT2D eigenvalue weighted by Crippen LogP contribution is 2.36. The fraction of sp³-hybridized carbons (Fsp3) is 0.462. The summed E-state index contributed by atoms with van der Waals surface area (Å²) < 4.78 is 37.2. The van der Waals surface area contributed by atoms with Gasteiger partial charge in [-0.1, -0.05) is 49.1 Å². The van der Waals surface area contributed by atoms with E-state index in [4.69, 9.17) is 21.1 Å². The summed E-state index contributed by atoms with van der Waals surface area (Å²) in [5.41, 5.74) is 0.918. The Morgan fingerprint density at radius 2 is 1.78 bits per heavy atom. The van der Waals surface area contributed by atoms with Crippen molar-refractivity contribution in [2.75, 3.05) is 23.9 Å². The van der Waals surface area contributed by atoms with E-state index in [2.05, 4.69) is 5.32 Å². The van der Waals surface area contributed by atoms with E-state index >= 15 is 0 Å². The molecule has 11 heteroatoms. The standard InChI is InChI=1S/C26H32ClN3O6S/c1-18(26(32)28-20-9-4-3-5-10-20)29(15-19-8-6-7-11-22(19)27)25(31)16-30(37(2,33)34)21-12-13-23-24(14-21)36-17-35-23/h6-8,11-14,18,20H,3-5,9-10,15-17H2,1-2H3,(H,28,32)/t18-/m0/s1. The lowest BCUT2D eigenvalue weighted by Crippen LogP contribution is -2.53. The highest BCUT2D eigenvalue weighted by Gasteiger charge is 2.32. The first-order valence-corrected chi connectivity index (χ1v) is 14.6. The molecule has 0 bridgehead atoms. The van der Waals surface area contributed by atoms with E-state index in [1.165, 1.54) is 11.0 Å². The van der Waals surface area contributed by atoms with Crippen LogP contribution in [0, 0.1) is 0 Å². The van der Waals surface area contributed by atoms with Crippen molar-refractivity contribution in [1.82, 2.24) is 10.2 Å². The summed E-state index contributed by atoms with van der Waals surface area (Å²) in [6, 6.07) is 11.0. The van der Waals surface area contributed by atoms with Crippen LogP contribution in [-0.2, 0) is 26.2 Å². The van der Waals surface area contributed by atoms with Crippen LogP contribution in [0.4, 0.5) is 5.69 Å². The van der Waals surface area contributed by atoms with Gasteiger partial charge < -0.3 is 19.7 Å². The Balaban J connectivity index is 1.59. The van der Waals surface area contributed by atoms with Gasteiger partial charge in [0, 0.05) is 23.7 Å². The number of anilines is 1. The molecule has 4 rings (SSSR count). The molecule has 0 aromatic heterocycles. The van der Waals surface area contributed by atoms with Crippen molar-refractivity contribution in [3.63, 3.8) is 0 Å². The maximum atomic E-state index is 13.7. The predicted molar refractivity (Wildman–Crippen MR) is 141 cm³/mol. The van der Waals surface area contributed by atoms with Gasteiger partial charge >= 0.3 is 0 Å². The molecule has 0 saturated heterocycles. The zero-order valence-electron chi connectivity index (χ0n) is 21.0. The fourth-order valence-corrected chi connectivity index (χ4v) is 5.65. The van der Waals surface area contributed by atoms with Gasteiger partial charge in [0.15, 0.2) is 11.5 Å². The molecule has 1 atom stereocenters. The molecule has 2 amide bonds. The zero-order chi connectivity index (χ0) is 26.6. The molecule has 0 unspecified atom stereocenters. The van der Waals surface area contributed by atoms with Crippen LogP contribution >= 0.6 is 11.6 Å². The van der Waals surface area contributed by atoms with Gasteiger partial charge in [0.25, 0.3) is 0 Å². The predicted octanol–water partition coefficient (Wildman–Crippen LogP) is 3.70. The van der Waals surface area contributed by atoms with Gasteiger partial charge in [0.2, 0.25) is 28.6 Å². The second kappa shape index (κ2) is 11.6. The van der Waals surface area contributed by atoms with Crippen LogP contribution in [0.1, 0.15) is 44.6 Å². The monoisotopic (exact) mass is 549 g/mol. The molecule has 200 valence electrons. The van der Waals surface area contributed by atoms with Gasteiger partial charge in [0.05, 0.1) is 11.9 Å². The topological polar surface area (TPSA) is 105 Å². The molecule has 1 fully saturated rings. The van der Waals surface area contributed by atoms with Gasteiger partial charge in [-0.15, -0.1) is 0 Å². The molecular weight excluding hydrogens is 518 g/mol. The second-order valence-corrected chi connectivity index (χ2v) is 11.8. The number of benzene rings is 2. The van der Waals surface area contributed by atoms with Crippen molar-refractivity contribution in [1.29, 1.82) is 0 Å². The molecule has 1 aliphatic heterocycles. The normalized spacial score (nSPS) is 16.2. The molecule has 1 N–H and O–H groups in total. The number of carbonyl (C=O) groups is 2. The number of nitrogens with zero attached hydrogens (tertiary/aromatic N) is 2. The lowest BCUT2D eigenvalue weighted by atomic mass is 9.95. The van der Waals surface area contributed by atoms with Crippen molar-refractivity contribution >= 4 is 39.1 Å². The lowest BCUT2D eigenvalue weighted by Gasteiger charge is -2.33. The second-order valence-electron chi connectivity index (χ2n) is 9.44. The maximum Gasteiger partial charge on any atom is 0.244 e. The van der Waals surface area contributed by atoms with E-state index in [0.29, 0.717) is 22.1 Å². The van der Waals surface area contributed by atoms with Crippen LogP contribution in [0.3, 0.4) is 0 Å². The third-order valence-electron chi connectivity index (χ3n) is 6.74. The van der Waals surface area contributed by atoms with Crippen LogP contribution in [0.2, 0.25) is 5.02 Å². The number of fused-ring (bicyclic) bond motifs is 1. The number of hydrogen-bond acceptors (Lipinski definition) is 6. The molecule has 0 spiro atoms. The first-order chi connectivity index (χ1) is 17.6. The third kappa shape index (κ3) is 6.67. The Morgan fingerprint density at radius 3 is 2.49 bits per heavy atom. The van der Waals surface area contributed by atoms with E-state index in [1.807, 2.05) is 0 Å². The molecular formula is C26H32ClN3O6S. The van der Waals surface area contributed by atoms with E-state index in [0.717, 1.165) is 42.7 Å². The van der Waals surface area contributed by atoms with Crippen molar-refractivity contribution < 1.29 is 27.5 Å². The minimum Gasteiger partial charge on any atom is -0.454 e. The number of ether oxygens (including phenoxy) is 2. The first kappa shape index (κ1) is 27.1. The van der Waals surface area contributed by atoms with Gasteiger partial charge in [-0.2, -0.15) is 0 Å². The van der Waals surface area contributed by atoms with Gasteiger partial charge in [-0.3, -0.25) is 13.9 Å². The average molecular weight is 550 g/mol. The maximum absolute atomic E-state index is 13.7. The quantitative estimate of drug-likeness (QED) is 0.511. The largest absolute Gasteiger partial charge is 0.454 e. The van der Waals surface area contributed by atoms with Gasteiger partial charge in [-0.05, 0) is 43.5 Å².